The molecule has 0 amide bonds. The van der Waals surface area contributed by atoms with Gasteiger partial charge in [0, 0.05) is 13.0 Å². The van der Waals surface area contributed by atoms with Gasteiger partial charge in [0.05, 0.1) is 18.8 Å². The van der Waals surface area contributed by atoms with E-state index < -0.39 is 6.10 Å². The molecule has 0 radical (unpaired) electrons. The van der Waals surface area contributed by atoms with Gasteiger partial charge in [-0.2, -0.15) is 0 Å². The molecule has 0 spiro atoms. The molecule has 0 saturated carbocycles. The summed E-state index contributed by atoms with van der Waals surface area (Å²) in [6.45, 7) is 2.84. The Kier molecular flexibility index (Phi) is 6.39. The topological polar surface area (TPSA) is 61.8 Å². The predicted octanol–water partition coefficient (Wildman–Crippen LogP) is 3.29. The van der Waals surface area contributed by atoms with Crippen LogP contribution in [-0.4, -0.2) is 48.9 Å². The number of ether oxygens (including phenoxy) is 2. The molecule has 1 fully saturated rings. The Labute approximate surface area is 148 Å². The number of fused-ring (bicyclic) bond motifs is 1. The van der Waals surface area contributed by atoms with Crippen LogP contribution in [0.25, 0.3) is 0 Å². The van der Waals surface area contributed by atoms with Gasteiger partial charge in [0.2, 0.25) is 0 Å². The number of Topliss-reactive ketones (excluding diaryl/α,β-unsaturated/α-hetero) is 1. The van der Waals surface area contributed by atoms with Gasteiger partial charge in [-0.15, -0.1) is 0 Å². The van der Waals surface area contributed by atoms with Gasteiger partial charge in [0.15, 0.2) is 0 Å². The molecule has 0 aromatic rings. The van der Waals surface area contributed by atoms with Crippen molar-refractivity contribution in [3.63, 3.8) is 0 Å². The molecule has 0 aromatic carbocycles. The lowest BCUT2D eigenvalue weighted by Crippen LogP contribution is -2.32. The Morgan fingerprint density at radius 3 is 3.04 bits per heavy atom. The first-order chi connectivity index (χ1) is 12.0. The van der Waals surface area contributed by atoms with Gasteiger partial charge in [-0.1, -0.05) is 12.2 Å². The number of hydroxylamine groups is 2. The molecule has 1 saturated heterocycles. The Balaban J connectivity index is 1.46. The van der Waals surface area contributed by atoms with Crippen LogP contribution < -0.4 is 0 Å². The number of allylic oxidation sites excluding steroid dienone is 1. The molecule has 4 atom stereocenters. The molecule has 1 aliphatic carbocycles. The fraction of sp³-hybridized carbons (Fsp3) is 0.737. The number of ketones is 1. The fourth-order valence-corrected chi connectivity index (χ4v) is 4.00. The molecule has 140 valence electrons. The summed E-state index contributed by atoms with van der Waals surface area (Å²) in [6.07, 6.45) is 7.22. The van der Waals surface area contributed by atoms with Crippen LogP contribution in [0.15, 0.2) is 23.6 Å². The molecule has 2 aliphatic heterocycles. The van der Waals surface area contributed by atoms with Gasteiger partial charge < -0.3 is 19.7 Å². The average molecular weight is 352 g/mol. The minimum absolute atomic E-state index is 0.0147. The lowest BCUT2D eigenvalue weighted by atomic mass is 9.83. The van der Waals surface area contributed by atoms with E-state index in [1.165, 1.54) is 6.92 Å². The second-order valence-electron chi connectivity index (χ2n) is 7.35. The summed E-state index contributed by atoms with van der Waals surface area (Å²) >= 11 is 0. The maximum absolute atomic E-state index is 14.6. The highest BCUT2D eigenvalue weighted by Crippen LogP contribution is 2.42. The maximum atomic E-state index is 14.6. The average Bonchev–Trinajstić information content (AvgIpc) is 3.00. The van der Waals surface area contributed by atoms with E-state index in [2.05, 4.69) is 0 Å². The molecule has 0 bridgehead atoms. The number of halogens is 1. The molecule has 3 unspecified atom stereocenters. The van der Waals surface area contributed by atoms with Crippen molar-refractivity contribution in [3.05, 3.63) is 28.8 Å². The van der Waals surface area contributed by atoms with Gasteiger partial charge >= 0.3 is 0 Å². The van der Waals surface area contributed by atoms with Crippen LogP contribution in [0.2, 0.25) is 0 Å². The number of hydrogen-bond acceptors (Lipinski definition) is 5. The minimum atomic E-state index is -0.516. The quantitative estimate of drug-likeness (QED) is 0.520. The van der Waals surface area contributed by atoms with Gasteiger partial charge in [-0.3, -0.25) is 4.79 Å². The fourth-order valence-electron chi connectivity index (χ4n) is 4.00. The van der Waals surface area contributed by atoms with Gasteiger partial charge in [0.1, 0.15) is 17.7 Å². The molecule has 0 N–H and O–H groups in total. The van der Waals surface area contributed by atoms with Crippen LogP contribution in [0.4, 0.5) is 4.39 Å². The van der Waals surface area contributed by atoms with Crippen molar-refractivity contribution in [3.8, 4) is 0 Å². The smallest absolute Gasteiger partial charge is 0.133 e. The summed E-state index contributed by atoms with van der Waals surface area (Å²) in [4.78, 5) is 11.3. The van der Waals surface area contributed by atoms with E-state index in [0.29, 0.717) is 38.1 Å². The van der Waals surface area contributed by atoms with Crippen LogP contribution in [0, 0.1) is 11.1 Å². The highest BCUT2D eigenvalue weighted by Gasteiger charge is 2.41. The lowest BCUT2D eigenvalue weighted by molar-refractivity contribution is -0.116. The number of carbonyl (C=O) groups is 1. The predicted molar refractivity (Wildman–Crippen MR) is 92.5 cm³/mol. The van der Waals surface area contributed by atoms with Crippen LogP contribution >= 0.6 is 0 Å². The Bertz CT molecular complexity index is 548. The van der Waals surface area contributed by atoms with Crippen LogP contribution in [0.3, 0.4) is 0 Å². The minimum Gasteiger partial charge on any atom is -0.785 e. The van der Waals surface area contributed by atoms with Crippen molar-refractivity contribution >= 4 is 5.78 Å². The number of nitrogens with zero attached hydrogens (tertiary/aromatic N) is 1. The molecule has 3 aliphatic rings. The molecular formula is C19H27FNO4-. The summed E-state index contributed by atoms with van der Waals surface area (Å²) in [5.41, 5.74) is 0.598. The van der Waals surface area contributed by atoms with Gasteiger partial charge in [-0.05, 0) is 57.1 Å². The monoisotopic (exact) mass is 352 g/mol. The van der Waals surface area contributed by atoms with Crippen molar-refractivity contribution < 1.29 is 18.7 Å². The maximum Gasteiger partial charge on any atom is 0.133 e. The van der Waals surface area contributed by atoms with E-state index >= 15 is 0 Å². The van der Waals surface area contributed by atoms with Crippen molar-refractivity contribution in [2.24, 2.45) is 5.92 Å². The summed E-state index contributed by atoms with van der Waals surface area (Å²) < 4.78 is 25.9. The zero-order chi connectivity index (χ0) is 17.8. The van der Waals surface area contributed by atoms with E-state index in [0.717, 1.165) is 24.3 Å². The van der Waals surface area contributed by atoms with E-state index in [1.54, 1.807) is 0 Å². The first kappa shape index (κ1) is 18.7. The van der Waals surface area contributed by atoms with Gasteiger partial charge in [0.25, 0.3) is 0 Å². The largest absolute Gasteiger partial charge is 0.785 e. The second-order valence-corrected chi connectivity index (χ2v) is 7.35. The SMILES string of the molecule is CC(=O)CC1=C(F)[C@@H]2OC(CCN([O-])CC3C=CCCO3)CC2CC1. The second kappa shape index (κ2) is 8.54. The number of rotatable bonds is 7. The summed E-state index contributed by atoms with van der Waals surface area (Å²) in [5, 5.41) is 13.1. The third kappa shape index (κ3) is 4.97. The highest BCUT2D eigenvalue weighted by molar-refractivity contribution is 5.78. The Hall–Kier alpha value is -1.08. The normalized spacial score (nSPS) is 32.3. The summed E-state index contributed by atoms with van der Waals surface area (Å²) in [6, 6.07) is 0. The van der Waals surface area contributed by atoms with Crippen molar-refractivity contribution in [1.82, 2.24) is 5.06 Å². The van der Waals surface area contributed by atoms with E-state index in [-0.39, 0.29) is 36.2 Å². The number of hydrogen-bond donors (Lipinski definition) is 0. The highest BCUT2D eigenvalue weighted by atomic mass is 19.1. The number of carbonyl (C=O) groups excluding carboxylic acids is 1. The van der Waals surface area contributed by atoms with E-state index in [4.69, 9.17) is 9.47 Å². The van der Waals surface area contributed by atoms with Crippen LogP contribution in [-0.2, 0) is 14.3 Å². The molecular weight excluding hydrogens is 325 g/mol. The molecule has 3 rings (SSSR count). The summed E-state index contributed by atoms with van der Waals surface area (Å²) in [7, 11) is 0. The lowest BCUT2D eigenvalue weighted by Gasteiger charge is -2.32. The first-order valence-electron chi connectivity index (χ1n) is 9.25. The van der Waals surface area contributed by atoms with Crippen LogP contribution in [0.1, 0.15) is 45.4 Å². The molecule has 2 heterocycles. The van der Waals surface area contributed by atoms with Crippen molar-refractivity contribution in [2.75, 3.05) is 19.7 Å². The van der Waals surface area contributed by atoms with E-state index in [1.807, 2.05) is 12.2 Å². The third-order valence-electron chi connectivity index (χ3n) is 5.25. The third-order valence-corrected chi connectivity index (χ3v) is 5.25. The summed E-state index contributed by atoms with van der Waals surface area (Å²) in [5.74, 6) is -0.0850. The molecule has 25 heavy (non-hydrogen) atoms. The molecule has 5 nitrogen and oxygen atoms in total. The first-order valence-corrected chi connectivity index (χ1v) is 9.25. The Morgan fingerprint density at radius 2 is 2.32 bits per heavy atom. The Morgan fingerprint density at radius 1 is 1.48 bits per heavy atom. The zero-order valence-electron chi connectivity index (χ0n) is 14.8. The molecule has 6 heteroatoms. The van der Waals surface area contributed by atoms with Crippen LogP contribution in [0.5, 0.6) is 0 Å². The standard InChI is InChI=1S/C19H27FNO4/c1-13(22)10-14-5-6-15-11-16(25-19(15)18(14)20)7-8-21(23)12-17-4-2-3-9-24-17/h2,4,15-17,19H,3,5-12H2,1H3/q-1/t15?,16?,17?,19-/m1/s1. The molecule has 0 aromatic heterocycles. The van der Waals surface area contributed by atoms with Crippen molar-refractivity contribution in [2.45, 2.75) is 63.8 Å². The van der Waals surface area contributed by atoms with Crippen molar-refractivity contribution in [1.29, 1.82) is 0 Å². The zero-order valence-corrected chi connectivity index (χ0v) is 14.8. The van der Waals surface area contributed by atoms with E-state index in [9.17, 15) is 14.4 Å². The van der Waals surface area contributed by atoms with Gasteiger partial charge in [-0.25, -0.2) is 4.39 Å².